The molecule has 0 bridgehead atoms. The van der Waals surface area contributed by atoms with Crippen molar-refractivity contribution in [1.29, 1.82) is 0 Å². The van der Waals surface area contributed by atoms with Crippen molar-refractivity contribution in [1.82, 2.24) is 10.2 Å². The van der Waals surface area contributed by atoms with Crippen LogP contribution in [0.2, 0.25) is 5.02 Å². The highest BCUT2D eigenvalue weighted by molar-refractivity contribution is 6.30. The third-order valence-electron chi connectivity index (χ3n) is 1.96. The van der Waals surface area contributed by atoms with E-state index in [1.165, 1.54) is 0 Å². The lowest BCUT2D eigenvalue weighted by molar-refractivity contribution is -0.352. The molecule has 3 nitrogen and oxygen atoms in total. The zero-order chi connectivity index (χ0) is 10.7. The first-order valence-electron chi connectivity index (χ1n) is 4.61. The van der Waals surface area contributed by atoms with E-state index in [1.807, 2.05) is 43.5 Å². The monoisotopic (exact) mass is 220 g/mol. The predicted molar refractivity (Wildman–Crippen MR) is 60.6 cm³/mol. The van der Waals surface area contributed by atoms with Crippen molar-refractivity contribution in [3.05, 3.63) is 46.6 Å². The van der Waals surface area contributed by atoms with Crippen LogP contribution in [-0.2, 0) is 0 Å². The molecule has 15 heavy (non-hydrogen) atoms. The van der Waals surface area contributed by atoms with Crippen LogP contribution in [0.15, 0.2) is 30.3 Å². The molecule has 1 aromatic carbocycles. The Labute approximate surface area is 92.8 Å². The van der Waals surface area contributed by atoms with Crippen molar-refractivity contribution in [3.63, 3.8) is 0 Å². The molecule has 1 heterocycles. The fraction of sp³-hybridized carbons (Fsp3) is 0.0909. The minimum atomic E-state index is 0.739. The second-order valence-electron chi connectivity index (χ2n) is 3.28. The number of benzene rings is 1. The summed E-state index contributed by atoms with van der Waals surface area (Å²) in [6.45, 7) is 1.96. The van der Waals surface area contributed by atoms with Crippen LogP contribution in [0.3, 0.4) is 0 Å². The van der Waals surface area contributed by atoms with Gasteiger partial charge in [-0.3, -0.25) is 0 Å². The summed E-state index contributed by atoms with van der Waals surface area (Å²) < 4.78 is 0. The first kappa shape index (κ1) is 9.93. The molecule has 0 aliphatic carbocycles. The number of hydrogen-bond acceptors (Lipinski definition) is 1. The van der Waals surface area contributed by atoms with E-state index in [0.29, 0.717) is 0 Å². The van der Waals surface area contributed by atoms with Gasteiger partial charge >= 0.3 is 5.82 Å². The molecule has 2 aromatic rings. The topological polar surface area (TPSA) is 42.6 Å². The zero-order valence-electron chi connectivity index (χ0n) is 8.29. The standard InChI is InChI=1S/C11H10ClN3/c1-8-6-11(15-14-8)13-7-9-2-4-10(12)5-3-9/h2-7H,1H3,(H,14,15)/p+1. The fourth-order valence-electron chi connectivity index (χ4n) is 1.21. The normalized spacial score (nSPS) is 11.1. The Morgan fingerprint density at radius 1 is 1.33 bits per heavy atom. The lowest BCUT2D eigenvalue weighted by atomic mass is 10.2. The summed E-state index contributed by atoms with van der Waals surface area (Å²) in [4.78, 5) is 3.09. The zero-order valence-corrected chi connectivity index (χ0v) is 9.05. The number of aromatic amines is 1. The van der Waals surface area contributed by atoms with E-state index in [-0.39, 0.29) is 0 Å². The average molecular weight is 221 g/mol. The summed E-state index contributed by atoms with van der Waals surface area (Å²) in [7, 11) is 0. The molecule has 0 radical (unpaired) electrons. The Bertz CT molecular complexity index is 471. The maximum absolute atomic E-state index is 5.78. The third-order valence-corrected chi connectivity index (χ3v) is 2.21. The number of hydrogen-bond donors (Lipinski definition) is 2. The van der Waals surface area contributed by atoms with E-state index < -0.39 is 0 Å². The van der Waals surface area contributed by atoms with Crippen molar-refractivity contribution in [3.8, 4) is 0 Å². The van der Waals surface area contributed by atoms with Gasteiger partial charge in [0.1, 0.15) is 0 Å². The highest BCUT2D eigenvalue weighted by Crippen LogP contribution is 2.07. The molecule has 4 heteroatoms. The quantitative estimate of drug-likeness (QED) is 0.734. The van der Waals surface area contributed by atoms with Crippen molar-refractivity contribution >= 4 is 23.6 Å². The molecule has 0 fully saturated rings. The summed E-state index contributed by atoms with van der Waals surface area (Å²) in [5, 5.41) is 7.65. The summed E-state index contributed by atoms with van der Waals surface area (Å²) >= 11 is 5.78. The van der Waals surface area contributed by atoms with Crippen molar-refractivity contribution in [2.45, 2.75) is 6.92 Å². The highest BCUT2D eigenvalue weighted by Gasteiger charge is 2.01. The predicted octanol–water partition coefficient (Wildman–Crippen LogP) is 1.20. The molecule has 0 amide bonds. The summed E-state index contributed by atoms with van der Waals surface area (Å²) in [6, 6.07) is 9.52. The molecule has 2 rings (SSSR count). The lowest BCUT2D eigenvalue weighted by Crippen LogP contribution is -2.62. The maximum atomic E-state index is 5.78. The van der Waals surface area contributed by atoms with Gasteiger partial charge in [0.25, 0.3) is 0 Å². The van der Waals surface area contributed by atoms with E-state index in [2.05, 4.69) is 15.2 Å². The Morgan fingerprint density at radius 3 is 2.67 bits per heavy atom. The average Bonchev–Trinajstić information content (AvgIpc) is 2.64. The van der Waals surface area contributed by atoms with Gasteiger partial charge in [-0.25, -0.2) is 4.99 Å². The van der Waals surface area contributed by atoms with E-state index >= 15 is 0 Å². The van der Waals surface area contributed by atoms with Crippen LogP contribution in [0.25, 0.3) is 0 Å². The van der Waals surface area contributed by atoms with E-state index in [0.717, 1.165) is 22.1 Å². The smallest absolute Gasteiger partial charge is 0.242 e. The number of rotatable bonds is 2. The Hall–Kier alpha value is -1.61. The molecule has 0 atom stereocenters. The molecule has 0 unspecified atom stereocenters. The molecule has 0 saturated carbocycles. The number of halogens is 1. The van der Waals surface area contributed by atoms with Crippen LogP contribution >= 0.6 is 11.6 Å². The van der Waals surface area contributed by atoms with Crippen molar-refractivity contribution < 1.29 is 4.99 Å². The molecule has 2 N–H and O–H groups in total. The van der Waals surface area contributed by atoms with Crippen LogP contribution in [0.1, 0.15) is 11.3 Å². The molecular weight excluding hydrogens is 210 g/mol. The van der Waals surface area contributed by atoms with Crippen molar-refractivity contribution in [2.24, 2.45) is 0 Å². The fourth-order valence-corrected chi connectivity index (χ4v) is 1.33. The first-order chi connectivity index (χ1) is 7.24. The summed E-state index contributed by atoms with van der Waals surface area (Å²) in [6.07, 6.45) is 1.88. The number of aryl methyl sites for hydroxylation is 1. The van der Waals surface area contributed by atoms with Crippen LogP contribution in [-0.4, -0.2) is 16.4 Å². The SMILES string of the molecule is Cc1cc([NH+]=Cc2ccc(Cl)cc2)n[nH]1. The largest absolute Gasteiger partial charge is 0.347 e. The molecule has 1 aromatic heterocycles. The van der Waals surface area contributed by atoms with Crippen LogP contribution < -0.4 is 4.99 Å². The minimum absolute atomic E-state index is 0.739. The number of nitrogens with zero attached hydrogens (tertiary/aromatic N) is 1. The van der Waals surface area contributed by atoms with Crippen molar-refractivity contribution in [2.75, 3.05) is 0 Å². The van der Waals surface area contributed by atoms with Crippen LogP contribution in [0.4, 0.5) is 5.82 Å². The molecule has 0 aliphatic heterocycles. The van der Waals surface area contributed by atoms with Gasteiger partial charge in [-0.2, -0.15) is 5.10 Å². The molecular formula is C11H11ClN3+. The van der Waals surface area contributed by atoms with E-state index in [1.54, 1.807) is 0 Å². The molecule has 76 valence electrons. The van der Waals surface area contributed by atoms with Crippen LogP contribution in [0, 0.1) is 6.92 Å². The summed E-state index contributed by atoms with van der Waals surface area (Å²) in [5.74, 6) is 0.808. The minimum Gasteiger partial charge on any atom is -0.242 e. The maximum Gasteiger partial charge on any atom is 0.347 e. The van der Waals surface area contributed by atoms with Gasteiger partial charge in [-0.1, -0.05) is 11.6 Å². The van der Waals surface area contributed by atoms with E-state index in [9.17, 15) is 0 Å². The Balaban J connectivity index is 2.14. The van der Waals surface area contributed by atoms with Gasteiger partial charge < -0.3 is 0 Å². The second kappa shape index (κ2) is 4.28. The second-order valence-corrected chi connectivity index (χ2v) is 3.71. The Kier molecular flexibility index (Phi) is 2.83. The van der Waals surface area contributed by atoms with Gasteiger partial charge in [0.15, 0.2) is 0 Å². The summed E-state index contributed by atoms with van der Waals surface area (Å²) in [5.41, 5.74) is 2.09. The van der Waals surface area contributed by atoms with Gasteiger partial charge in [0.05, 0.1) is 23.1 Å². The van der Waals surface area contributed by atoms with Gasteiger partial charge in [-0.15, -0.1) is 0 Å². The molecule has 0 spiro atoms. The highest BCUT2D eigenvalue weighted by atomic mass is 35.5. The first-order valence-corrected chi connectivity index (χ1v) is 4.99. The number of nitrogens with one attached hydrogen (secondary N) is 2. The van der Waals surface area contributed by atoms with E-state index in [4.69, 9.17) is 11.6 Å². The number of aromatic nitrogens is 2. The van der Waals surface area contributed by atoms with Gasteiger partial charge in [0.2, 0.25) is 0 Å². The molecule has 0 saturated heterocycles. The lowest BCUT2D eigenvalue weighted by Gasteiger charge is -1.89. The Morgan fingerprint density at radius 2 is 2.07 bits per heavy atom. The van der Waals surface area contributed by atoms with Gasteiger partial charge in [0, 0.05) is 10.6 Å². The van der Waals surface area contributed by atoms with Gasteiger partial charge in [-0.05, 0) is 31.2 Å². The number of H-pyrrole nitrogens is 1. The third kappa shape index (κ3) is 2.67. The van der Waals surface area contributed by atoms with Crippen LogP contribution in [0.5, 0.6) is 0 Å². The molecule has 0 aliphatic rings.